The molecule has 0 bridgehead atoms. The van der Waals surface area contributed by atoms with E-state index in [4.69, 9.17) is 17.0 Å². The normalized spacial score (nSPS) is 14.2. The van der Waals surface area contributed by atoms with Crippen LogP contribution in [0.4, 0.5) is 0 Å². The fraction of sp³-hybridized carbons (Fsp3) is 0.316. The zero-order valence-corrected chi connectivity index (χ0v) is 15.7. The summed E-state index contributed by atoms with van der Waals surface area (Å²) in [4.78, 5) is 9.84. The molecule has 7 heteroatoms. The first kappa shape index (κ1) is 16.9. The maximum Gasteiger partial charge on any atom is 0.196 e. The molecule has 0 atom stereocenters. The molecule has 1 aliphatic rings. The van der Waals surface area contributed by atoms with Gasteiger partial charge < -0.3 is 9.72 Å². The Labute approximate surface area is 157 Å². The average molecular weight is 367 g/mol. The highest BCUT2D eigenvalue weighted by atomic mass is 32.1. The molecule has 6 nitrogen and oxygen atoms in total. The van der Waals surface area contributed by atoms with Crippen molar-refractivity contribution in [1.29, 1.82) is 0 Å². The Morgan fingerprint density at radius 3 is 2.81 bits per heavy atom. The Morgan fingerprint density at radius 1 is 1.23 bits per heavy atom. The van der Waals surface area contributed by atoms with Gasteiger partial charge in [0.1, 0.15) is 5.75 Å². The molecule has 4 rings (SSSR count). The number of nitrogens with zero attached hydrogens (tertiary/aromatic N) is 4. The van der Waals surface area contributed by atoms with E-state index in [-0.39, 0.29) is 0 Å². The third-order valence-electron chi connectivity index (χ3n) is 4.88. The molecule has 0 saturated heterocycles. The van der Waals surface area contributed by atoms with Gasteiger partial charge in [0.05, 0.1) is 19.0 Å². The lowest BCUT2D eigenvalue weighted by Crippen LogP contribution is -2.31. The summed E-state index contributed by atoms with van der Waals surface area (Å²) in [6.07, 6.45) is 4.83. The first-order valence-electron chi connectivity index (χ1n) is 8.61. The Kier molecular flexibility index (Phi) is 4.57. The highest BCUT2D eigenvalue weighted by Crippen LogP contribution is 2.22. The van der Waals surface area contributed by atoms with Gasteiger partial charge in [-0.2, -0.15) is 5.10 Å². The van der Waals surface area contributed by atoms with Gasteiger partial charge in [-0.05, 0) is 43.4 Å². The highest BCUT2D eigenvalue weighted by Gasteiger charge is 2.19. The summed E-state index contributed by atoms with van der Waals surface area (Å²) in [6.45, 7) is 4.86. The molecule has 0 fully saturated rings. The van der Waals surface area contributed by atoms with Gasteiger partial charge in [0, 0.05) is 54.8 Å². The van der Waals surface area contributed by atoms with E-state index in [1.54, 1.807) is 7.11 Å². The maximum absolute atomic E-state index is 5.23. The van der Waals surface area contributed by atoms with Crippen molar-refractivity contribution in [2.45, 2.75) is 26.4 Å². The zero-order valence-electron chi connectivity index (χ0n) is 14.9. The Bertz CT molecular complexity index is 976. The van der Waals surface area contributed by atoms with Crippen molar-refractivity contribution in [3.63, 3.8) is 0 Å². The van der Waals surface area contributed by atoms with E-state index in [2.05, 4.69) is 26.9 Å². The van der Waals surface area contributed by atoms with E-state index in [0.717, 1.165) is 43.2 Å². The summed E-state index contributed by atoms with van der Waals surface area (Å²) in [5.41, 5.74) is 5.87. The van der Waals surface area contributed by atoms with Gasteiger partial charge in [0.25, 0.3) is 0 Å². The number of rotatable bonds is 4. The monoisotopic (exact) mass is 367 g/mol. The lowest BCUT2D eigenvalue weighted by atomic mass is 10.1. The fourth-order valence-electron chi connectivity index (χ4n) is 3.36. The van der Waals surface area contributed by atoms with Crippen molar-refractivity contribution < 1.29 is 4.74 Å². The highest BCUT2D eigenvalue weighted by molar-refractivity contribution is 7.71. The van der Waals surface area contributed by atoms with Crippen LogP contribution in [0.2, 0.25) is 0 Å². The molecule has 26 heavy (non-hydrogen) atoms. The van der Waals surface area contributed by atoms with E-state index >= 15 is 0 Å². The standard InChI is InChI=1S/C19H21N5OS/c1-13-14(10-21-24(13)16-3-5-17(25-2)6-4-16)11-23-8-7-18-15(12-23)9-20-19(26)22-18/h3-6,9-10H,7-8,11-12H2,1-2H3,(H,20,22,26). The number of aromatic amines is 1. The number of hydrogen-bond donors (Lipinski definition) is 1. The van der Waals surface area contributed by atoms with Crippen molar-refractivity contribution >= 4 is 12.2 Å². The second kappa shape index (κ2) is 7.01. The second-order valence-corrected chi connectivity index (χ2v) is 6.90. The number of fused-ring (bicyclic) bond motifs is 1. The molecule has 134 valence electrons. The number of aromatic nitrogens is 4. The van der Waals surface area contributed by atoms with Crippen LogP contribution in [0.1, 0.15) is 22.5 Å². The summed E-state index contributed by atoms with van der Waals surface area (Å²) in [6, 6.07) is 7.95. The molecular weight excluding hydrogens is 346 g/mol. The molecule has 0 saturated carbocycles. The van der Waals surface area contributed by atoms with Crippen LogP contribution in [0.3, 0.4) is 0 Å². The van der Waals surface area contributed by atoms with Crippen LogP contribution in [0.5, 0.6) is 5.75 Å². The molecule has 0 radical (unpaired) electrons. The Morgan fingerprint density at radius 2 is 2.04 bits per heavy atom. The van der Waals surface area contributed by atoms with Crippen LogP contribution in [0.15, 0.2) is 36.7 Å². The van der Waals surface area contributed by atoms with Gasteiger partial charge in [-0.25, -0.2) is 9.67 Å². The summed E-state index contributed by atoms with van der Waals surface area (Å²) in [5.74, 6) is 0.846. The van der Waals surface area contributed by atoms with E-state index in [1.165, 1.54) is 16.8 Å². The van der Waals surface area contributed by atoms with Gasteiger partial charge >= 0.3 is 0 Å². The molecule has 0 amide bonds. The maximum atomic E-state index is 5.23. The fourth-order valence-corrected chi connectivity index (χ4v) is 3.54. The number of hydrogen-bond acceptors (Lipinski definition) is 5. The first-order chi connectivity index (χ1) is 12.6. The van der Waals surface area contributed by atoms with Crippen LogP contribution in [0, 0.1) is 11.7 Å². The van der Waals surface area contributed by atoms with Crippen LogP contribution >= 0.6 is 12.2 Å². The number of nitrogens with one attached hydrogen (secondary N) is 1. The van der Waals surface area contributed by atoms with Crippen LogP contribution in [-0.4, -0.2) is 38.3 Å². The van der Waals surface area contributed by atoms with E-state index in [1.807, 2.05) is 41.3 Å². The minimum absolute atomic E-state index is 0.564. The van der Waals surface area contributed by atoms with Crippen LogP contribution in [-0.2, 0) is 19.5 Å². The van der Waals surface area contributed by atoms with Gasteiger partial charge in [-0.15, -0.1) is 0 Å². The van der Waals surface area contributed by atoms with Gasteiger partial charge in [-0.3, -0.25) is 4.90 Å². The van der Waals surface area contributed by atoms with E-state index in [0.29, 0.717) is 4.77 Å². The number of H-pyrrole nitrogens is 1. The molecule has 0 unspecified atom stereocenters. The van der Waals surface area contributed by atoms with Gasteiger partial charge in [-0.1, -0.05) is 0 Å². The molecular formula is C19H21N5OS. The average Bonchev–Trinajstić information content (AvgIpc) is 3.02. The molecule has 1 aromatic carbocycles. The lowest BCUT2D eigenvalue weighted by molar-refractivity contribution is 0.242. The van der Waals surface area contributed by atoms with Crippen LogP contribution in [0.25, 0.3) is 5.69 Å². The summed E-state index contributed by atoms with van der Waals surface area (Å²) >= 11 is 5.11. The largest absolute Gasteiger partial charge is 0.497 e. The van der Waals surface area contributed by atoms with E-state index in [9.17, 15) is 0 Å². The molecule has 1 N–H and O–H groups in total. The molecule has 3 aromatic rings. The predicted octanol–water partition coefficient (Wildman–Crippen LogP) is 3.20. The summed E-state index contributed by atoms with van der Waals surface area (Å²) in [7, 11) is 1.67. The molecule has 3 heterocycles. The quantitative estimate of drug-likeness (QED) is 0.718. The third-order valence-corrected chi connectivity index (χ3v) is 5.08. The van der Waals surface area contributed by atoms with Gasteiger partial charge in [0.2, 0.25) is 0 Å². The second-order valence-electron chi connectivity index (χ2n) is 6.52. The van der Waals surface area contributed by atoms with Crippen LogP contribution < -0.4 is 4.74 Å². The van der Waals surface area contributed by atoms with Crippen molar-refractivity contribution in [1.82, 2.24) is 24.6 Å². The Balaban J connectivity index is 1.52. The predicted molar refractivity (Wildman–Crippen MR) is 102 cm³/mol. The number of ether oxygens (including phenoxy) is 1. The lowest BCUT2D eigenvalue weighted by Gasteiger charge is -2.28. The minimum atomic E-state index is 0.564. The summed E-state index contributed by atoms with van der Waals surface area (Å²) in [5, 5.41) is 4.58. The van der Waals surface area contributed by atoms with E-state index < -0.39 is 0 Å². The van der Waals surface area contributed by atoms with Crippen molar-refractivity contribution in [2.75, 3.05) is 13.7 Å². The molecule has 0 aliphatic carbocycles. The van der Waals surface area contributed by atoms with Crippen molar-refractivity contribution in [3.05, 3.63) is 63.9 Å². The number of benzene rings is 1. The third kappa shape index (κ3) is 3.27. The minimum Gasteiger partial charge on any atom is -0.497 e. The molecule has 2 aromatic heterocycles. The number of methoxy groups -OCH3 is 1. The summed E-state index contributed by atoms with van der Waals surface area (Å²) < 4.78 is 7.77. The SMILES string of the molecule is COc1ccc(-n2ncc(CN3CCc4[nH]c(=S)ncc4C3)c2C)cc1. The topological polar surface area (TPSA) is 59.0 Å². The Hall–Kier alpha value is -2.51. The zero-order chi connectivity index (χ0) is 18.1. The first-order valence-corrected chi connectivity index (χ1v) is 9.02. The smallest absolute Gasteiger partial charge is 0.196 e. The van der Waals surface area contributed by atoms with Crippen molar-refractivity contribution in [2.24, 2.45) is 0 Å². The van der Waals surface area contributed by atoms with Gasteiger partial charge in [0.15, 0.2) is 4.77 Å². The molecule has 0 spiro atoms. The van der Waals surface area contributed by atoms with Crippen molar-refractivity contribution in [3.8, 4) is 11.4 Å². The molecule has 1 aliphatic heterocycles.